The molecule has 0 spiro atoms. The SMILES string of the molecule is CC1(Oc2ccc(OC(F)F)cc2)CC(N2CCC(CC#N)(n3cc(C(N)=O)c(CC(=O)C4CC4)n3)CC2)C1. The molecule has 2 aliphatic carbocycles. The lowest BCUT2D eigenvalue weighted by atomic mass is 9.74. The molecule has 2 heterocycles. The van der Waals surface area contributed by atoms with E-state index in [1.807, 2.05) is 6.92 Å². The molecule has 1 saturated heterocycles. The Morgan fingerprint density at radius 2 is 1.82 bits per heavy atom. The van der Waals surface area contributed by atoms with Gasteiger partial charge in [-0.05, 0) is 56.9 Å². The zero-order valence-corrected chi connectivity index (χ0v) is 21.9. The zero-order chi connectivity index (χ0) is 27.8. The van der Waals surface area contributed by atoms with Crippen LogP contribution < -0.4 is 15.2 Å². The molecule has 0 atom stereocenters. The minimum Gasteiger partial charge on any atom is -0.487 e. The number of piperidine rings is 1. The lowest BCUT2D eigenvalue weighted by Crippen LogP contribution is -2.59. The fraction of sp³-hybridized carbons (Fsp3) is 0.571. The molecule has 1 amide bonds. The lowest BCUT2D eigenvalue weighted by Gasteiger charge is -2.52. The first-order valence-electron chi connectivity index (χ1n) is 13.4. The number of likely N-dealkylation sites (tertiary alicyclic amines) is 1. The summed E-state index contributed by atoms with van der Waals surface area (Å²) in [6.45, 7) is 0.681. The molecular weight excluding hydrogens is 508 g/mol. The number of amides is 1. The summed E-state index contributed by atoms with van der Waals surface area (Å²) in [5.74, 6) is 0.214. The number of primary amides is 1. The summed E-state index contributed by atoms with van der Waals surface area (Å²) in [7, 11) is 0. The van der Waals surface area contributed by atoms with Gasteiger partial charge < -0.3 is 15.2 Å². The van der Waals surface area contributed by atoms with Crippen molar-refractivity contribution in [2.45, 2.75) is 82.1 Å². The summed E-state index contributed by atoms with van der Waals surface area (Å²) in [4.78, 5) is 26.9. The van der Waals surface area contributed by atoms with Crippen LogP contribution in [0.15, 0.2) is 30.5 Å². The first-order valence-corrected chi connectivity index (χ1v) is 13.4. The number of carbonyl (C=O) groups excluding carboxylic acids is 2. The summed E-state index contributed by atoms with van der Waals surface area (Å²) in [5.41, 5.74) is 5.34. The maximum atomic E-state index is 12.4. The summed E-state index contributed by atoms with van der Waals surface area (Å²) >= 11 is 0. The van der Waals surface area contributed by atoms with Crippen LogP contribution >= 0.6 is 0 Å². The van der Waals surface area contributed by atoms with E-state index in [0.29, 0.717) is 30.3 Å². The second-order valence-electron chi connectivity index (χ2n) is 11.3. The third kappa shape index (κ3) is 5.91. The van der Waals surface area contributed by atoms with E-state index in [-0.39, 0.29) is 41.5 Å². The van der Waals surface area contributed by atoms with Crippen LogP contribution in [0.25, 0.3) is 0 Å². The largest absolute Gasteiger partial charge is 0.487 e. The standard InChI is InChI=1S/C28H33F2N5O4/c1-27(39-21-6-4-20(5-7-21)38-26(29)30)15-19(16-27)34-12-9-28(8-11-31,10-13-34)35-17-22(25(32)37)23(33-35)14-24(36)18-2-3-18/h4-7,17-19,26H,2-3,8-10,12-16H2,1H3,(H2,32,37). The van der Waals surface area contributed by atoms with Gasteiger partial charge in [-0.15, -0.1) is 0 Å². The highest BCUT2D eigenvalue weighted by atomic mass is 19.3. The van der Waals surface area contributed by atoms with E-state index in [1.165, 1.54) is 12.1 Å². The highest BCUT2D eigenvalue weighted by Gasteiger charge is 2.48. The first-order chi connectivity index (χ1) is 18.6. The third-order valence-electron chi connectivity index (χ3n) is 8.32. The van der Waals surface area contributed by atoms with Crippen molar-refractivity contribution < 1.29 is 27.8 Å². The van der Waals surface area contributed by atoms with Gasteiger partial charge in [0.2, 0.25) is 0 Å². The van der Waals surface area contributed by atoms with Gasteiger partial charge in [-0.2, -0.15) is 19.1 Å². The molecule has 9 nitrogen and oxygen atoms in total. The molecule has 3 fully saturated rings. The number of nitrogens with two attached hydrogens (primary N) is 1. The number of benzene rings is 1. The molecule has 2 saturated carbocycles. The van der Waals surface area contributed by atoms with Crippen molar-refractivity contribution >= 4 is 11.7 Å². The Hall–Kier alpha value is -3.52. The number of alkyl halides is 2. The van der Waals surface area contributed by atoms with Crippen LogP contribution in [-0.2, 0) is 16.8 Å². The van der Waals surface area contributed by atoms with Crippen LogP contribution in [0.1, 0.15) is 67.9 Å². The molecular formula is C28H33F2N5O4. The number of ketones is 1. The van der Waals surface area contributed by atoms with E-state index < -0.39 is 18.1 Å². The van der Waals surface area contributed by atoms with E-state index >= 15 is 0 Å². The molecule has 5 rings (SSSR count). The van der Waals surface area contributed by atoms with Crippen molar-refractivity contribution in [3.8, 4) is 17.6 Å². The van der Waals surface area contributed by atoms with Crippen molar-refractivity contribution in [1.29, 1.82) is 5.26 Å². The normalized spacial score (nSPS) is 24.5. The molecule has 0 unspecified atom stereocenters. The monoisotopic (exact) mass is 541 g/mol. The quantitative estimate of drug-likeness (QED) is 0.459. The number of hydrogen-bond donors (Lipinski definition) is 1. The number of halogens is 2. The summed E-state index contributed by atoms with van der Waals surface area (Å²) < 4.78 is 37.0. The van der Waals surface area contributed by atoms with Crippen molar-refractivity contribution in [1.82, 2.24) is 14.7 Å². The molecule has 2 aromatic rings. The molecule has 1 aliphatic heterocycles. The molecule has 39 heavy (non-hydrogen) atoms. The van der Waals surface area contributed by atoms with Gasteiger partial charge in [-0.25, -0.2) is 0 Å². The molecule has 2 N–H and O–H groups in total. The molecule has 1 aromatic heterocycles. The summed E-state index contributed by atoms with van der Waals surface area (Å²) in [5, 5.41) is 14.3. The minimum atomic E-state index is -2.87. The Labute approximate surface area is 225 Å². The van der Waals surface area contributed by atoms with Crippen LogP contribution in [0.2, 0.25) is 0 Å². The van der Waals surface area contributed by atoms with Gasteiger partial charge >= 0.3 is 6.61 Å². The number of nitriles is 1. The van der Waals surface area contributed by atoms with Crippen molar-refractivity contribution in [3.63, 3.8) is 0 Å². The number of aromatic nitrogens is 2. The smallest absolute Gasteiger partial charge is 0.387 e. The van der Waals surface area contributed by atoms with E-state index in [0.717, 1.165) is 38.8 Å². The number of hydrogen-bond acceptors (Lipinski definition) is 7. The van der Waals surface area contributed by atoms with Gasteiger partial charge in [0.05, 0.1) is 35.7 Å². The number of carbonyl (C=O) groups is 2. The second-order valence-corrected chi connectivity index (χ2v) is 11.3. The Balaban J connectivity index is 1.20. The van der Waals surface area contributed by atoms with Gasteiger partial charge in [0, 0.05) is 44.1 Å². The van der Waals surface area contributed by atoms with Crippen molar-refractivity contribution in [2.24, 2.45) is 11.7 Å². The molecule has 3 aliphatic rings. The maximum Gasteiger partial charge on any atom is 0.387 e. The number of ether oxygens (including phenoxy) is 2. The third-order valence-corrected chi connectivity index (χ3v) is 8.32. The Bertz CT molecular complexity index is 1250. The van der Waals surface area contributed by atoms with Crippen molar-refractivity contribution in [3.05, 3.63) is 41.7 Å². The molecule has 208 valence electrons. The summed E-state index contributed by atoms with van der Waals surface area (Å²) in [6, 6.07) is 8.81. The molecule has 11 heteroatoms. The maximum absolute atomic E-state index is 12.4. The summed E-state index contributed by atoms with van der Waals surface area (Å²) in [6.07, 6.45) is 6.70. The Morgan fingerprint density at radius 3 is 2.38 bits per heavy atom. The lowest BCUT2D eigenvalue weighted by molar-refractivity contribution is -0.119. The van der Waals surface area contributed by atoms with Crippen LogP contribution in [-0.4, -0.2) is 57.7 Å². The van der Waals surface area contributed by atoms with Crippen LogP contribution in [0.5, 0.6) is 11.5 Å². The molecule has 0 bridgehead atoms. The minimum absolute atomic E-state index is 0.0585. The van der Waals surface area contributed by atoms with Crippen LogP contribution in [0, 0.1) is 17.2 Å². The fourth-order valence-corrected chi connectivity index (χ4v) is 5.90. The van der Waals surface area contributed by atoms with Gasteiger partial charge in [-0.3, -0.25) is 19.2 Å². The van der Waals surface area contributed by atoms with E-state index in [1.54, 1.807) is 23.0 Å². The van der Waals surface area contributed by atoms with Gasteiger partial charge in [0.1, 0.15) is 22.9 Å². The Morgan fingerprint density at radius 1 is 1.18 bits per heavy atom. The van der Waals surface area contributed by atoms with Gasteiger partial charge in [-0.1, -0.05) is 0 Å². The van der Waals surface area contributed by atoms with Gasteiger partial charge in [0.15, 0.2) is 0 Å². The highest BCUT2D eigenvalue weighted by Crippen LogP contribution is 2.43. The highest BCUT2D eigenvalue weighted by molar-refractivity contribution is 5.95. The van der Waals surface area contributed by atoms with Crippen LogP contribution in [0.3, 0.4) is 0 Å². The van der Waals surface area contributed by atoms with Crippen molar-refractivity contribution in [2.75, 3.05) is 13.1 Å². The average molecular weight is 542 g/mol. The van der Waals surface area contributed by atoms with Crippen LogP contribution in [0.4, 0.5) is 8.78 Å². The average Bonchev–Trinajstić information content (AvgIpc) is 3.64. The van der Waals surface area contributed by atoms with Gasteiger partial charge in [0.25, 0.3) is 5.91 Å². The number of nitrogens with zero attached hydrogens (tertiary/aromatic N) is 4. The Kier molecular flexibility index (Phi) is 7.33. The zero-order valence-electron chi connectivity index (χ0n) is 21.9. The predicted octanol–water partition coefficient (Wildman–Crippen LogP) is 3.81. The number of rotatable bonds is 11. The van der Waals surface area contributed by atoms with E-state index in [4.69, 9.17) is 10.5 Å². The molecule has 1 aromatic carbocycles. The number of Topliss-reactive ketones (excluding diaryl/α,β-unsaturated/α-hetero) is 1. The molecule has 0 radical (unpaired) electrons. The first kappa shape index (κ1) is 27.1. The van der Waals surface area contributed by atoms with E-state index in [2.05, 4.69) is 20.8 Å². The fourth-order valence-electron chi connectivity index (χ4n) is 5.90. The predicted molar refractivity (Wildman–Crippen MR) is 136 cm³/mol. The second kappa shape index (κ2) is 10.6. The van der Waals surface area contributed by atoms with E-state index in [9.17, 15) is 23.6 Å². The topological polar surface area (TPSA) is 123 Å².